The molecule has 17 rings (SSSR count). The Bertz CT molecular complexity index is 6290. The minimum Gasteiger partial charge on any atom is -0.475 e. The molecule has 7 N–H and O–H groups in total. The normalized spacial score (nSPS) is 12.3. The number of imide groups is 1. The number of carboxylic acid groups (broad SMARTS) is 1. The number of hydrogen-bond acceptors (Lipinski definition) is 24. The third-order valence-electron chi connectivity index (χ3n) is 16.8. The molecule has 2 aliphatic rings. The average Bonchev–Trinajstić information content (AvgIpc) is 1.55. The number of nitrogens with zero attached hydrogens (tertiary/aromatic N) is 6. The minimum absolute atomic E-state index is 0.00958. The van der Waals surface area contributed by atoms with Crippen molar-refractivity contribution in [1.82, 2.24) is 30.1 Å². The van der Waals surface area contributed by atoms with E-state index in [1.807, 2.05) is 77.2 Å². The van der Waals surface area contributed by atoms with Gasteiger partial charge in [0.1, 0.15) is 5.60 Å². The van der Waals surface area contributed by atoms with Crippen molar-refractivity contribution >= 4 is 315 Å². The third-order valence-corrected chi connectivity index (χ3v) is 21.1. The molecule has 0 bridgehead atoms. The first-order valence-corrected chi connectivity index (χ1v) is 48.7. The first-order valence-electron chi connectivity index (χ1n) is 38.4. The van der Waals surface area contributed by atoms with Gasteiger partial charge in [0.15, 0.2) is 39.2 Å². The number of likely N-dealkylation sites (N-methyl/N-ethyl adjacent to an activating group) is 2. The Labute approximate surface area is 838 Å². The first-order chi connectivity index (χ1) is 61.6. The summed E-state index contributed by atoms with van der Waals surface area (Å²) in [6.07, 6.45) is 8.03. The number of piperazine rings is 2. The number of nitrogens with one attached hydrogen (secondary N) is 3. The maximum atomic E-state index is 12.7. The third kappa shape index (κ3) is 36.6. The predicted octanol–water partition coefficient (Wildman–Crippen LogP) is 25.3. The van der Waals surface area contributed by atoms with Crippen LogP contribution >= 0.6 is 188 Å². The fourth-order valence-corrected chi connectivity index (χ4v) is 14.8. The smallest absolute Gasteiger partial charge is 0.371 e. The van der Waals surface area contributed by atoms with E-state index in [1.165, 1.54) is 63.8 Å². The van der Waals surface area contributed by atoms with Crippen LogP contribution in [0.15, 0.2) is 233 Å². The van der Waals surface area contributed by atoms with Crippen LogP contribution in [0.5, 0.6) is 0 Å². The maximum absolute atomic E-state index is 12.7. The van der Waals surface area contributed by atoms with E-state index in [0.29, 0.717) is 58.5 Å². The van der Waals surface area contributed by atoms with Crippen LogP contribution in [-0.2, 0) is 23.7 Å². The summed E-state index contributed by atoms with van der Waals surface area (Å²) in [6.45, 7) is 19.1. The van der Waals surface area contributed by atoms with E-state index in [4.69, 9.17) is 129 Å². The summed E-state index contributed by atoms with van der Waals surface area (Å²) in [5.74, 6) is -0.667. The van der Waals surface area contributed by atoms with Crippen molar-refractivity contribution in [1.29, 1.82) is 0 Å². The quantitative estimate of drug-likeness (QED) is 0.0108. The van der Waals surface area contributed by atoms with Crippen LogP contribution in [0.25, 0.3) is 65.6 Å². The van der Waals surface area contributed by atoms with E-state index in [9.17, 15) is 33.2 Å². The summed E-state index contributed by atoms with van der Waals surface area (Å²) in [6, 6.07) is 47.0. The summed E-state index contributed by atoms with van der Waals surface area (Å²) < 4.78 is 57.5. The Kier molecular flexibility index (Phi) is 45.9. The van der Waals surface area contributed by atoms with Gasteiger partial charge in [0, 0.05) is 143 Å². The molecule has 28 nitrogen and oxygen atoms in total. The number of benzene rings is 6. The van der Waals surface area contributed by atoms with Crippen LogP contribution in [0.1, 0.15) is 66.3 Å². The fraction of sp³-hybridized carbons (Fsp3) is 0.221. The molecule has 15 aromatic rings. The number of furan rings is 6. The topological polar surface area (TPSA) is 371 Å². The second-order valence-electron chi connectivity index (χ2n) is 28.1. The van der Waals surface area contributed by atoms with Gasteiger partial charge in [-0.15, -0.1) is 0 Å². The number of aliphatic hydroxyl groups is 1. The summed E-state index contributed by atoms with van der Waals surface area (Å²) >= 11 is 61.5. The molecule has 9 aromatic heterocycles. The number of carboxylic acids is 1. The fourth-order valence-electron chi connectivity index (χ4n) is 11.1. The summed E-state index contributed by atoms with van der Waals surface area (Å²) in [4.78, 5) is 86.5. The molecule has 6 aromatic carbocycles. The van der Waals surface area contributed by atoms with E-state index in [2.05, 4.69) is 142 Å². The number of aromatic carboxylic acids is 1. The molecule has 3 amide bonds. The molecule has 44 heteroatoms. The molecule has 0 aliphatic carbocycles. The molecule has 0 saturated carbocycles. The van der Waals surface area contributed by atoms with Crippen molar-refractivity contribution in [3.05, 3.63) is 275 Å². The number of rotatable bonds is 10. The largest absolute Gasteiger partial charge is 0.475 e. The number of carbonyl (C=O) groups is 4. The van der Waals surface area contributed by atoms with Gasteiger partial charge >= 0.3 is 65.5 Å². The van der Waals surface area contributed by atoms with Gasteiger partial charge in [0.05, 0.1) is 60.0 Å². The minimum atomic E-state index is -3.22. The zero-order valence-electron chi connectivity index (χ0n) is 70.2. The van der Waals surface area contributed by atoms with Gasteiger partial charge in [-0.25, -0.2) is 24.5 Å². The summed E-state index contributed by atoms with van der Waals surface area (Å²) in [7, 11) is 6.27. The van der Waals surface area contributed by atoms with E-state index in [-0.39, 0.29) is 41.4 Å². The number of anilines is 4. The predicted molar refractivity (Wildman–Crippen MR) is 546 cm³/mol. The summed E-state index contributed by atoms with van der Waals surface area (Å²) in [5, 5.41) is 29.0. The number of aromatic nitrogens is 3. The van der Waals surface area contributed by atoms with Crippen LogP contribution in [0, 0.1) is 10.7 Å². The average molecular weight is 2330 g/mol. The van der Waals surface area contributed by atoms with Gasteiger partial charge in [-0.05, 0) is 314 Å². The Morgan fingerprint density at radius 2 is 1.04 bits per heavy atom. The number of nitrogen functional groups attached to an aromatic ring is 1. The Morgan fingerprint density at radius 3 is 1.52 bits per heavy atom. The van der Waals surface area contributed by atoms with Crippen molar-refractivity contribution in [3.63, 3.8) is 0 Å². The first kappa shape index (κ1) is 109. The van der Waals surface area contributed by atoms with Crippen molar-refractivity contribution in [2.45, 2.75) is 53.1 Å². The number of hydrogen-bond donors (Lipinski definition) is 6. The molecule has 2 saturated heterocycles. The van der Waals surface area contributed by atoms with Gasteiger partial charge in [0.2, 0.25) is 5.76 Å². The Hall–Kier alpha value is -7.70. The zero-order valence-corrected chi connectivity index (χ0v) is 85.1. The van der Waals surface area contributed by atoms with Crippen LogP contribution in [0.2, 0.25) is 42.1 Å². The van der Waals surface area contributed by atoms with Crippen LogP contribution in [0.3, 0.4) is 0 Å². The number of nitrogens with two attached hydrogens (primary N) is 1. The maximum Gasteiger partial charge on any atom is 0.371 e. The van der Waals surface area contributed by atoms with Crippen LogP contribution in [-0.4, -0.2) is 158 Å². The molecule has 2 fully saturated rings. The van der Waals surface area contributed by atoms with Crippen molar-refractivity contribution in [2.75, 3.05) is 93.8 Å². The molecule has 2 aliphatic heterocycles. The second kappa shape index (κ2) is 54.6. The number of ether oxygens (including phenoxy) is 1. The SMILES string of the molecule is CC(C)(C)OC(=O)N(C(=O)c1ccco1)c1ccc(Cl)cc1I.CC(C)O.CN1CCN(c2nc3ccc(Cl)cc3c3ccoc23)CC1.CN1CCNCC1.C[B]OOCB=O.Clc1ccc2nc(Cl)c3occc3c2c1.Nc1ccc(Cl)cc1I.O=C(Nc1ccc(Cl)cc1I)c1ccco1.O=C(O)c1ccco1.O=P(Cl)(Cl)Cl.O=c1[nH]c2ccc(Cl)cc2c2ccoc12. The van der Waals surface area contributed by atoms with Crippen molar-refractivity contribution < 1.29 is 79.6 Å². The Morgan fingerprint density at radius 1 is 0.585 bits per heavy atom. The number of halogens is 13. The van der Waals surface area contributed by atoms with Gasteiger partial charge < -0.3 is 77.5 Å². The van der Waals surface area contributed by atoms with Crippen LogP contribution < -0.4 is 31.7 Å². The number of aliphatic hydroxyl groups excluding tert-OH is 1. The monoisotopic (exact) mass is 2330 g/mol. The number of aromatic amines is 1. The van der Waals surface area contributed by atoms with Crippen LogP contribution in [0.4, 0.5) is 27.7 Å². The molecule has 11 heterocycles. The Balaban J connectivity index is 0.000000202. The number of carbonyl (C=O) groups excluding carboxylic acids is 3. The van der Waals surface area contributed by atoms with Gasteiger partial charge in [-0.2, -0.15) is 0 Å². The molecule has 0 unspecified atom stereocenters. The number of H-pyrrole nitrogens is 1. The number of fused-ring (bicyclic) bond motifs is 9. The van der Waals surface area contributed by atoms with E-state index in [1.54, 1.807) is 145 Å². The molecular formula is C86H83B2Cl10I3N10O18P. The number of amides is 3. The van der Waals surface area contributed by atoms with E-state index < -0.39 is 28.8 Å². The van der Waals surface area contributed by atoms with Gasteiger partial charge in [-0.1, -0.05) is 81.2 Å². The number of pyridine rings is 3. The molecule has 0 spiro atoms. The molecular weight excluding hydrogens is 2250 g/mol. The molecule has 687 valence electrons. The molecule has 0 atom stereocenters. The second-order valence-corrected chi connectivity index (χ2v) is 41.2. The van der Waals surface area contributed by atoms with Crippen molar-refractivity contribution in [3.8, 4) is 0 Å². The summed E-state index contributed by atoms with van der Waals surface area (Å²) in [5.41, 5.74) is 10.8. The zero-order chi connectivity index (χ0) is 95.5. The standard InChI is InChI=1S/C16H15ClINO4.C16H16ClN3O.C11H5Cl2NO.C11H7ClINO2.C11H6ClNO2.C6H5ClIN.C5H12N2.C5H4O3.C3H8O.C2H5B2O3.Cl3OP/c1-16(2,3)23-15(21)19(14(20)13-5-4-8-22-13)12-7-6-10(17)9-11(12)18;1-19-5-7-20(8-6-19)16-15-12(4-9-21-15)13-10-11(17)2-3-14(13)18-16;12-6-1-2-9-8(5-6)7-3-4-15-10(7)11(13)14-9;12-7-3-4-9(8(13)6-7)14-11(15)10-2-1-5-16-10;12-6-1-2-9-8(5-6)7-3-4-15-10(7)11(14)13-9;7-4-1-2-6(9)5(8)3-4;1-7-4-2-6-3-5-7;6-5(7)4-2-1-3-8-4;1-3(2)4;1-3-7-6-2-4-5;1-5(2,3)4/h4-9H,1-3H3;2-4,9-10H,5-8H2,1H3;1-5H;1-6H,(H,14,15);1-5H,(H,13,14);1-3H,9H2;6H,2-5H2,1H3;1-3H,(H,6,7);3-4H,1-2H3;2H2,1H3;. The molecule has 1 radical (unpaired) electrons. The molecule has 130 heavy (non-hydrogen) atoms. The van der Waals surface area contributed by atoms with Gasteiger partial charge in [0.25, 0.3) is 11.5 Å². The van der Waals surface area contributed by atoms with E-state index >= 15 is 0 Å². The van der Waals surface area contributed by atoms with Gasteiger partial charge in [-0.3, -0.25) is 18.9 Å². The van der Waals surface area contributed by atoms with Crippen molar-refractivity contribution in [2.24, 2.45) is 0 Å². The van der Waals surface area contributed by atoms with E-state index in [0.717, 1.165) is 127 Å².